The molecule has 6 nitrogen and oxygen atoms in total. The van der Waals surface area contributed by atoms with Crippen LogP contribution in [0.4, 0.5) is 0 Å². The maximum atomic E-state index is 12.4. The summed E-state index contributed by atoms with van der Waals surface area (Å²) in [6.45, 7) is 4.62. The molecule has 138 valence electrons. The molecule has 2 saturated heterocycles. The Bertz CT molecular complexity index is 765. The Morgan fingerprint density at radius 3 is 2.77 bits per heavy atom. The number of carbonyl (C=O) groups is 1. The van der Waals surface area contributed by atoms with Crippen LogP contribution in [0.3, 0.4) is 0 Å². The van der Waals surface area contributed by atoms with Crippen LogP contribution in [0.5, 0.6) is 0 Å². The van der Waals surface area contributed by atoms with E-state index >= 15 is 0 Å². The highest BCUT2D eigenvalue weighted by atomic mass is 79.9. The van der Waals surface area contributed by atoms with E-state index in [0.717, 1.165) is 61.3 Å². The predicted molar refractivity (Wildman–Crippen MR) is 100 cm³/mol. The fourth-order valence-corrected chi connectivity index (χ4v) is 3.92. The molecule has 0 saturated carbocycles. The van der Waals surface area contributed by atoms with Gasteiger partial charge in [-0.25, -0.2) is 4.98 Å². The molecule has 0 radical (unpaired) electrons. The molecular formula is C19H22BrN3O3. The topological polar surface area (TPSA) is 58.8 Å². The van der Waals surface area contributed by atoms with E-state index in [1.54, 1.807) is 6.26 Å². The molecule has 0 aliphatic carbocycles. The molecule has 7 heteroatoms. The van der Waals surface area contributed by atoms with Gasteiger partial charge in [-0.2, -0.15) is 0 Å². The second-order valence-corrected chi connectivity index (χ2v) is 7.58. The first-order chi connectivity index (χ1) is 12.7. The Morgan fingerprint density at radius 1 is 1.23 bits per heavy atom. The third kappa shape index (κ3) is 3.84. The standard InChI is InChI=1S/C19H22BrN3O3/c20-16-5-2-1-4-15(16)18-21-14(13-26-18)12-22-7-9-23(10-8-22)19(24)17-6-3-11-25-17/h1-2,4-5,13,17H,3,6-12H2. The molecule has 3 heterocycles. The van der Waals surface area contributed by atoms with Crippen molar-refractivity contribution in [3.05, 3.63) is 40.7 Å². The van der Waals surface area contributed by atoms with Crippen molar-refractivity contribution >= 4 is 21.8 Å². The number of benzene rings is 1. The molecule has 1 aromatic heterocycles. The summed E-state index contributed by atoms with van der Waals surface area (Å²) in [6, 6.07) is 7.89. The van der Waals surface area contributed by atoms with Gasteiger partial charge >= 0.3 is 0 Å². The lowest BCUT2D eigenvalue weighted by molar-refractivity contribution is -0.142. The molecule has 2 fully saturated rings. The number of hydrogen-bond acceptors (Lipinski definition) is 5. The number of hydrogen-bond donors (Lipinski definition) is 0. The Kier molecular flexibility index (Phi) is 5.38. The number of oxazole rings is 1. The number of nitrogens with zero attached hydrogens (tertiary/aromatic N) is 3. The lowest BCUT2D eigenvalue weighted by Crippen LogP contribution is -2.51. The van der Waals surface area contributed by atoms with Crippen molar-refractivity contribution in [2.45, 2.75) is 25.5 Å². The molecule has 1 unspecified atom stereocenters. The normalized spacial score (nSPS) is 21.3. The van der Waals surface area contributed by atoms with Gasteiger partial charge in [-0.05, 0) is 40.9 Å². The fraction of sp³-hybridized carbons (Fsp3) is 0.474. The van der Waals surface area contributed by atoms with Gasteiger partial charge in [0.1, 0.15) is 12.4 Å². The summed E-state index contributed by atoms with van der Waals surface area (Å²) in [4.78, 5) is 21.3. The van der Waals surface area contributed by atoms with E-state index in [1.807, 2.05) is 29.2 Å². The van der Waals surface area contributed by atoms with Gasteiger partial charge in [0.05, 0.1) is 11.3 Å². The van der Waals surface area contributed by atoms with Crippen LogP contribution < -0.4 is 0 Å². The van der Waals surface area contributed by atoms with Crippen molar-refractivity contribution in [1.29, 1.82) is 0 Å². The molecule has 2 aromatic rings. The number of halogens is 1. The maximum Gasteiger partial charge on any atom is 0.251 e. The molecule has 2 aliphatic heterocycles. The monoisotopic (exact) mass is 419 g/mol. The van der Waals surface area contributed by atoms with E-state index in [4.69, 9.17) is 9.15 Å². The highest BCUT2D eigenvalue weighted by Gasteiger charge is 2.30. The number of piperazine rings is 1. The van der Waals surface area contributed by atoms with Crippen LogP contribution in [-0.4, -0.2) is 59.6 Å². The molecule has 26 heavy (non-hydrogen) atoms. The van der Waals surface area contributed by atoms with Crippen molar-refractivity contribution in [3.8, 4) is 11.5 Å². The van der Waals surface area contributed by atoms with Crippen molar-refractivity contribution in [2.24, 2.45) is 0 Å². The average molecular weight is 420 g/mol. The first kappa shape index (κ1) is 17.7. The van der Waals surface area contributed by atoms with Crippen LogP contribution in [0.15, 0.2) is 39.4 Å². The van der Waals surface area contributed by atoms with Crippen LogP contribution in [-0.2, 0) is 16.1 Å². The second kappa shape index (κ2) is 7.90. The van der Waals surface area contributed by atoms with E-state index in [2.05, 4.69) is 25.8 Å². The summed E-state index contributed by atoms with van der Waals surface area (Å²) in [5.74, 6) is 0.777. The summed E-state index contributed by atoms with van der Waals surface area (Å²) < 4.78 is 12.1. The van der Waals surface area contributed by atoms with Crippen molar-refractivity contribution in [1.82, 2.24) is 14.8 Å². The zero-order chi connectivity index (χ0) is 17.9. The lowest BCUT2D eigenvalue weighted by atomic mass is 10.2. The third-order valence-electron chi connectivity index (χ3n) is 4.93. The Balaban J connectivity index is 1.32. The Labute approximate surface area is 161 Å². The van der Waals surface area contributed by atoms with Gasteiger partial charge in [-0.15, -0.1) is 0 Å². The van der Waals surface area contributed by atoms with E-state index in [9.17, 15) is 4.79 Å². The molecule has 2 aliphatic rings. The van der Waals surface area contributed by atoms with Crippen LogP contribution in [0.1, 0.15) is 18.5 Å². The minimum absolute atomic E-state index is 0.153. The van der Waals surface area contributed by atoms with Gasteiger partial charge in [0, 0.05) is 43.8 Å². The smallest absolute Gasteiger partial charge is 0.251 e. The van der Waals surface area contributed by atoms with Crippen LogP contribution in [0.2, 0.25) is 0 Å². The van der Waals surface area contributed by atoms with Gasteiger partial charge in [0.15, 0.2) is 0 Å². The molecule has 0 spiro atoms. The molecule has 1 atom stereocenters. The summed E-state index contributed by atoms with van der Waals surface area (Å²) >= 11 is 3.53. The van der Waals surface area contributed by atoms with Gasteiger partial charge in [-0.1, -0.05) is 12.1 Å². The Morgan fingerprint density at radius 2 is 2.04 bits per heavy atom. The van der Waals surface area contributed by atoms with Crippen molar-refractivity contribution < 1.29 is 13.9 Å². The van der Waals surface area contributed by atoms with E-state index in [-0.39, 0.29) is 12.0 Å². The summed E-state index contributed by atoms with van der Waals surface area (Å²) in [7, 11) is 0. The summed E-state index contributed by atoms with van der Waals surface area (Å²) in [6.07, 6.45) is 3.35. The summed E-state index contributed by atoms with van der Waals surface area (Å²) in [5, 5.41) is 0. The molecule has 0 N–H and O–H groups in total. The number of ether oxygens (including phenoxy) is 1. The molecule has 4 rings (SSSR count). The predicted octanol–water partition coefficient (Wildman–Crippen LogP) is 2.93. The summed E-state index contributed by atoms with van der Waals surface area (Å²) in [5.41, 5.74) is 1.86. The first-order valence-electron chi connectivity index (χ1n) is 9.03. The van der Waals surface area contributed by atoms with Crippen LogP contribution in [0, 0.1) is 0 Å². The van der Waals surface area contributed by atoms with Crippen molar-refractivity contribution in [3.63, 3.8) is 0 Å². The SMILES string of the molecule is O=C(C1CCCO1)N1CCN(Cc2coc(-c3ccccc3Br)n2)CC1. The Hall–Kier alpha value is -1.70. The number of carbonyl (C=O) groups excluding carboxylic acids is 1. The molecule has 0 bridgehead atoms. The maximum absolute atomic E-state index is 12.4. The first-order valence-corrected chi connectivity index (χ1v) is 9.82. The van der Waals surface area contributed by atoms with Gasteiger partial charge < -0.3 is 14.1 Å². The third-order valence-corrected chi connectivity index (χ3v) is 5.62. The minimum Gasteiger partial charge on any atom is -0.444 e. The average Bonchev–Trinajstić information content (AvgIpc) is 3.34. The molecular weight excluding hydrogens is 398 g/mol. The highest BCUT2D eigenvalue weighted by Crippen LogP contribution is 2.27. The van der Waals surface area contributed by atoms with E-state index < -0.39 is 0 Å². The highest BCUT2D eigenvalue weighted by molar-refractivity contribution is 9.10. The fourth-order valence-electron chi connectivity index (χ4n) is 3.47. The quantitative estimate of drug-likeness (QED) is 0.762. The van der Waals surface area contributed by atoms with Crippen LogP contribution >= 0.6 is 15.9 Å². The molecule has 1 aromatic carbocycles. The van der Waals surface area contributed by atoms with E-state index in [1.165, 1.54) is 0 Å². The van der Waals surface area contributed by atoms with E-state index in [0.29, 0.717) is 12.5 Å². The van der Waals surface area contributed by atoms with Gasteiger partial charge in [0.2, 0.25) is 5.89 Å². The minimum atomic E-state index is -0.219. The molecule has 1 amide bonds. The lowest BCUT2D eigenvalue weighted by Gasteiger charge is -2.35. The zero-order valence-electron chi connectivity index (χ0n) is 14.6. The van der Waals surface area contributed by atoms with Gasteiger partial charge in [0.25, 0.3) is 5.91 Å². The van der Waals surface area contributed by atoms with Crippen LogP contribution in [0.25, 0.3) is 11.5 Å². The number of rotatable bonds is 4. The second-order valence-electron chi connectivity index (χ2n) is 6.73. The van der Waals surface area contributed by atoms with Gasteiger partial charge in [-0.3, -0.25) is 9.69 Å². The largest absolute Gasteiger partial charge is 0.444 e. The number of amides is 1. The zero-order valence-corrected chi connectivity index (χ0v) is 16.2. The van der Waals surface area contributed by atoms with Crippen molar-refractivity contribution in [2.75, 3.05) is 32.8 Å². The number of aromatic nitrogens is 1.